The van der Waals surface area contributed by atoms with E-state index in [9.17, 15) is 19.7 Å². The third-order valence-corrected chi connectivity index (χ3v) is 6.49. The first kappa shape index (κ1) is 21.4. The van der Waals surface area contributed by atoms with E-state index in [-0.39, 0.29) is 25.5 Å². The number of rotatable bonds is 9. The van der Waals surface area contributed by atoms with Crippen molar-refractivity contribution >= 4 is 30.6 Å². The number of halogens is 2. The molecule has 2 aromatic carbocycles. The number of benzene rings is 2. The van der Waals surface area contributed by atoms with Crippen LogP contribution in [0.4, 0.5) is 0 Å². The summed E-state index contributed by atoms with van der Waals surface area (Å²) in [6, 6.07) is 13.5. The molecule has 0 aliphatic rings. The van der Waals surface area contributed by atoms with E-state index in [0.717, 1.165) is 5.56 Å². The van der Waals surface area contributed by atoms with Gasteiger partial charge in [-0.1, -0.05) is 59.6 Å². The van der Waals surface area contributed by atoms with E-state index in [0.29, 0.717) is 15.6 Å². The molecule has 0 saturated heterocycles. The van der Waals surface area contributed by atoms with Gasteiger partial charge in [-0.2, -0.15) is 0 Å². The molecule has 8 heteroatoms. The van der Waals surface area contributed by atoms with E-state index in [1.807, 2.05) is 6.07 Å². The fourth-order valence-corrected chi connectivity index (χ4v) is 4.63. The minimum absolute atomic E-state index is 0.0150. The fourth-order valence-electron chi connectivity index (χ4n) is 2.62. The summed E-state index contributed by atoms with van der Waals surface area (Å²) in [6.07, 6.45) is -1.23. The minimum Gasteiger partial charge on any atom is -0.394 e. The number of aliphatic hydroxyl groups is 2. The average molecular weight is 418 g/mol. The Morgan fingerprint density at radius 2 is 1.77 bits per heavy atom. The van der Waals surface area contributed by atoms with Crippen molar-refractivity contribution in [3.8, 4) is 0 Å². The van der Waals surface area contributed by atoms with Gasteiger partial charge in [0.2, 0.25) is 7.37 Å². The second kappa shape index (κ2) is 9.86. The summed E-state index contributed by atoms with van der Waals surface area (Å²) in [4.78, 5) is 10.1. The quantitative estimate of drug-likeness (QED) is 0.469. The minimum atomic E-state index is -3.52. The lowest BCUT2D eigenvalue weighted by atomic mass is 10.1. The van der Waals surface area contributed by atoms with Gasteiger partial charge < -0.3 is 20.4 Å². The Balaban J connectivity index is 1.90. The molecular weight excluding hydrogens is 396 g/mol. The highest BCUT2D eigenvalue weighted by Gasteiger charge is 2.24. The smallest absolute Gasteiger partial charge is 0.207 e. The Hall–Kier alpha value is -0.910. The zero-order chi connectivity index (χ0) is 19.2. The van der Waals surface area contributed by atoms with Crippen LogP contribution in [0.15, 0.2) is 48.5 Å². The van der Waals surface area contributed by atoms with Crippen molar-refractivity contribution in [2.75, 3.05) is 19.3 Å². The molecule has 3 atom stereocenters. The molecule has 0 aliphatic heterocycles. The van der Waals surface area contributed by atoms with Crippen LogP contribution in [-0.2, 0) is 10.7 Å². The molecular formula is C18H22Cl2NO4P. The van der Waals surface area contributed by atoms with Crippen molar-refractivity contribution < 1.29 is 19.7 Å². The van der Waals surface area contributed by atoms with Crippen molar-refractivity contribution in [1.29, 1.82) is 0 Å². The van der Waals surface area contributed by atoms with Gasteiger partial charge in [0.15, 0.2) is 0 Å². The predicted molar refractivity (Wildman–Crippen MR) is 105 cm³/mol. The maximum Gasteiger partial charge on any atom is 0.207 e. The molecule has 0 spiro atoms. The van der Waals surface area contributed by atoms with E-state index >= 15 is 0 Å². The van der Waals surface area contributed by atoms with Crippen LogP contribution in [0.2, 0.25) is 10.0 Å². The first-order valence-corrected chi connectivity index (χ1v) is 10.9. The molecule has 142 valence electrons. The molecule has 26 heavy (non-hydrogen) atoms. The number of nitrogens with one attached hydrogen (secondary N) is 1. The van der Waals surface area contributed by atoms with E-state index in [2.05, 4.69) is 5.32 Å². The van der Waals surface area contributed by atoms with Gasteiger partial charge in [-0.3, -0.25) is 4.57 Å². The lowest BCUT2D eigenvalue weighted by Gasteiger charge is -2.21. The Labute approximate surface area is 163 Å². The number of hydrogen-bond acceptors (Lipinski definition) is 4. The van der Waals surface area contributed by atoms with Crippen LogP contribution in [0.5, 0.6) is 0 Å². The van der Waals surface area contributed by atoms with Gasteiger partial charge in [0.1, 0.15) is 0 Å². The highest BCUT2D eigenvalue weighted by molar-refractivity contribution is 7.57. The fraction of sp³-hybridized carbons (Fsp3) is 0.333. The summed E-state index contributed by atoms with van der Waals surface area (Å²) in [5.41, 5.74) is 1.47. The van der Waals surface area contributed by atoms with Crippen molar-refractivity contribution in [3.05, 3.63) is 69.7 Å². The maximum atomic E-state index is 12.3. The topological polar surface area (TPSA) is 89.8 Å². The Morgan fingerprint density at radius 1 is 1.08 bits per heavy atom. The Bertz CT molecular complexity index is 760. The van der Waals surface area contributed by atoms with Crippen LogP contribution in [0.25, 0.3) is 0 Å². The standard InChI is InChI=1S/C18H22Cl2NO4P/c19-16-7-6-14(8-17(16)20)18(10-22)21-9-15(23)12-26(24,25)11-13-4-2-1-3-5-13/h1-8,15,18,21-23H,9-12H2,(H,24,25)/t15-,18?/m1/s1. The van der Waals surface area contributed by atoms with Gasteiger partial charge >= 0.3 is 0 Å². The van der Waals surface area contributed by atoms with Crippen molar-refractivity contribution in [1.82, 2.24) is 5.32 Å². The van der Waals surface area contributed by atoms with Crippen LogP contribution in [0.1, 0.15) is 17.2 Å². The molecule has 0 bridgehead atoms. The molecule has 0 saturated carbocycles. The maximum absolute atomic E-state index is 12.3. The van der Waals surface area contributed by atoms with Gasteiger partial charge in [0.05, 0.1) is 35.0 Å². The zero-order valence-electron chi connectivity index (χ0n) is 14.1. The van der Waals surface area contributed by atoms with E-state index in [1.165, 1.54) is 0 Å². The van der Waals surface area contributed by atoms with Gasteiger partial charge in [-0.25, -0.2) is 0 Å². The van der Waals surface area contributed by atoms with Gasteiger partial charge in [-0.05, 0) is 23.3 Å². The highest BCUT2D eigenvalue weighted by atomic mass is 35.5. The lowest BCUT2D eigenvalue weighted by Crippen LogP contribution is -2.34. The first-order valence-electron chi connectivity index (χ1n) is 8.13. The molecule has 0 heterocycles. The van der Waals surface area contributed by atoms with Crippen LogP contribution in [0.3, 0.4) is 0 Å². The average Bonchev–Trinajstić information content (AvgIpc) is 2.58. The van der Waals surface area contributed by atoms with E-state index in [1.54, 1.807) is 42.5 Å². The number of hydrogen-bond donors (Lipinski definition) is 4. The summed E-state index contributed by atoms with van der Waals surface area (Å²) in [6.45, 7) is -0.156. The van der Waals surface area contributed by atoms with E-state index in [4.69, 9.17) is 23.2 Å². The molecule has 5 nitrogen and oxygen atoms in total. The summed E-state index contributed by atoms with van der Waals surface area (Å²) < 4.78 is 12.3. The summed E-state index contributed by atoms with van der Waals surface area (Å²) in [7, 11) is -3.52. The first-order chi connectivity index (χ1) is 12.3. The number of aliphatic hydroxyl groups excluding tert-OH is 2. The monoisotopic (exact) mass is 417 g/mol. The lowest BCUT2D eigenvalue weighted by molar-refractivity contribution is 0.172. The van der Waals surface area contributed by atoms with Crippen molar-refractivity contribution in [2.24, 2.45) is 0 Å². The largest absolute Gasteiger partial charge is 0.394 e. The molecule has 0 aromatic heterocycles. The Kier molecular flexibility index (Phi) is 8.11. The molecule has 0 radical (unpaired) electrons. The Morgan fingerprint density at radius 3 is 2.38 bits per heavy atom. The van der Waals surface area contributed by atoms with Gasteiger partial charge in [0, 0.05) is 12.7 Å². The summed E-state index contributed by atoms with van der Waals surface area (Å²) >= 11 is 11.9. The van der Waals surface area contributed by atoms with Crippen LogP contribution >= 0.6 is 30.6 Å². The molecule has 0 amide bonds. The summed E-state index contributed by atoms with van der Waals surface area (Å²) in [5, 5.41) is 23.4. The summed E-state index contributed by atoms with van der Waals surface area (Å²) in [5.74, 6) is 0. The molecule has 0 aliphatic carbocycles. The van der Waals surface area contributed by atoms with Crippen LogP contribution in [-0.4, -0.2) is 40.5 Å². The van der Waals surface area contributed by atoms with E-state index < -0.39 is 19.5 Å². The predicted octanol–water partition coefficient (Wildman–Crippen LogP) is 3.45. The van der Waals surface area contributed by atoms with Crippen LogP contribution in [0, 0.1) is 0 Å². The zero-order valence-corrected chi connectivity index (χ0v) is 16.5. The third kappa shape index (κ3) is 6.67. The molecule has 2 unspecified atom stereocenters. The highest BCUT2D eigenvalue weighted by Crippen LogP contribution is 2.44. The van der Waals surface area contributed by atoms with Crippen molar-refractivity contribution in [2.45, 2.75) is 18.3 Å². The van der Waals surface area contributed by atoms with Gasteiger partial charge in [0.25, 0.3) is 0 Å². The second-order valence-corrected chi connectivity index (χ2v) is 9.33. The van der Waals surface area contributed by atoms with Gasteiger partial charge in [-0.15, -0.1) is 0 Å². The van der Waals surface area contributed by atoms with Crippen molar-refractivity contribution in [3.63, 3.8) is 0 Å². The van der Waals surface area contributed by atoms with Crippen LogP contribution < -0.4 is 5.32 Å². The molecule has 4 N–H and O–H groups in total. The normalized spacial score (nSPS) is 16.0. The molecule has 2 rings (SSSR count). The molecule has 0 fully saturated rings. The second-order valence-electron chi connectivity index (χ2n) is 6.14. The molecule has 2 aromatic rings. The third-order valence-electron chi connectivity index (χ3n) is 3.90. The SMILES string of the molecule is O=P(O)(Cc1ccccc1)C[C@H](O)CNC(CO)c1ccc(Cl)c(Cl)c1.